The molecule has 0 fully saturated rings. The van der Waals surface area contributed by atoms with Crippen LogP contribution in [0.4, 0.5) is 0 Å². The molecule has 0 radical (unpaired) electrons. The number of nitrogens with one attached hydrogen (secondary N) is 1. The van der Waals surface area contributed by atoms with Gasteiger partial charge in [0.25, 0.3) is 0 Å². The molecule has 0 aliphatic carbocycles. The number of hydrogen-bond donors (Lipinski definition) is 1. The maximum absolute atomic E-state index is 5.60. The van der Waals surface area contributed by atoms with E-state index in [0.29, 0.717) is 25.7 Å². The molecule has 0 atom stereocenters. The quantitative estimate of drug-likeness (QED) is 0.630. The van der Waals surface area contributed by atoms with E-state index in [0.717, 1.165) is 19.7 Å². The highest BCUT2D eigenvalue weighted by Crippen LogP contribution is 2.05. The Labute approximate surface area is 123 Å². The van der Waals surface area contributed by atoms with Gasteiger partial charge in [-0.1, -0.05) is 45.0 Å². The molecule has 0 bridgehead atoms. The minimum absolute atomic E-state index is 0.587. The van der Waals surface area contributed by atoms with Crippen molar-refractivity contribution in [3.05, 3.63) is 35.4 Å². The van der Waals surface area contributed by atoms with Crippen LogP contribution in [0, 0.1) is 5.92 Å². The SMILES string of the molecule is CCCNCc1ccc(COCCOCC(C)C)cc1. The molecule has 0 saturated heterocycles. The molecule has 1 N–H and O–H groups in total. The van der Waals surface area contributed by atoms with Crippen LogP contribution in [-0.4, -0.2) is 26.4 Å². The number of hydrogen-bond acceptors (Lipinski definition) is 3. The number of rotatable bonds is 11. The Bertz CT molecular complexity index is 335. The van der Waals surface area contributed by atoms with Crippen molar-refractivity contribution in [3.63, 3.8) is 0 Å². The summed E-state index contributed by atoms with van der Waals surface area (Å²) in [6.45, 7) is 11.3. The van der Waals surface area contributed by atoms with Crippen molar-refractivity contribution in [1.29, 1.82) is 0 Å². The lowest BCUT2D eigenvalue weighted by atomic mass is 10.1. The lowest BCUT2D eigenvalue weighted by Crippen LogP contribution is -2.13. The summed E-state index contributed by atoms with van der Waals surface area (Å²) in [5.74, 6) is 0.587. The van der Waals surface area contributed by atoms with E-state index in [2.05, 4.69) is 50.4 Å². The molecule has 0 aromatic heterocycles. The topological polar surface area (TPSA) is 30.5 Å². The van der Waals surface area contributed by atoms with Gasteiger partial charge in [-0.3, -0.25) is 0 Å². The average molecular weight is 279 g/mol. The Balaban J connectivity index is 2.11. The van der Waals surface area contributed by atoms with E-state index in [1.807, 2.05) is 0 Å². The zero-order valence-electron chi connectivity index (χ0n) is 13.2. The van der Waals surface area contributed by atoms with Crippen LogP contribution in [0.15, 0.2) is 24.3 Å². The van der Waals surface area contributed by atoms with Crippen molar-refractivity contribution >= 4 is 0 Å². The standard InChI is InChI=1S/C17H29NO2/c1-4-9-18-12-16-5-7-17(8-6-16)14-20-11-10-19-13-15(2)3/h5-8,15,18H,4,9-14H2,1-3H3. The molecule has 0 amide bonds. The van der Waals surface area contributed by atoms with Crippen LogP contribution in [0.5, 0.6) is 0 Å². The summed E-state index contributed by atoms with van der Waals surface area (Å²) < 4.78 is 11.1. The summed E-state index contributed by atoms with van der Waals surface area (Å²) in [4.78, 5) is 0. The van der Waals surface area contributed by atoms with E-state index >= 15 is 0 Å². The van der Waals surface area contributed by atoms with Crippen molar-refractivity contribution in [3.8, 4) is 0 Å². The van der Waals surface area contributed by atoms with Gasteiger partial charge in [0.2, 0.25) is 0 Å². The lowest BCUT2D eigenvalue weighted by molar-refractivity contribution is 0.0314. The van der Waals surface area contributed by atoms with Crippen LogP contribution in [0.3, 0.4) is 0 Å². The zero-order chi connectivity index (χ0) is 14.6. The zero-order valence-corrected chi connectivity index (χ0v) is 13.2. The van der Waals surface area contributed by atoms with E-state index in [1.54, 1.807) is 0 Å². The molecule has 0 aliphatic heterocycles. The summed E-state index contributed by atoms with van der Waals surface area (Å²) in [6.07, 6.45) is 1.17. The van der Waals surface area contributed by atoms with Gasteiger partial charge in [-0.05, 0) is 30.0 Å². The van der Waals surface area contributed by atoms with Gasteiger partial charge in [0.05, 0.1) is 19.8 Å². The van der Waals surface area contributed by atoms with Crippen LogP contribution in [0.25, 0.3) is 0 Å². The fourth-order valence-electron chi connectivity index (χ4n) is 1.79. The summed E-state index contributed by atoms with van der Waals surface area (Å²) in [7, 11) is 0. The van der Waals surface area contributed by atoms with Crippen molar-refractivity contribution < 1.29 is 9.47 Å². The van der Waals surface area contributed by atoms with Crippen molar-refractivity contribution in [2.24, 2.45) is 5.92 Å². The molecular formula is C17H29NO2. The van der Waals surface area contributed by atoms with E-state index in [1.165, 1.54) is 17.5 Å². The Morgan fingerprint density at radius 2 is 1.65 bits per heavy atom. The molecular weight excluding hydrogens is 250 g/mol. The Kier molecular flexibility index (Phi) is 9.29. The first kappa shape index (κ1) is 17.2. The predicted octanol–water partition coefficient (Wildman–Crippen LogP) is 3.38. The molecule has 1 rings (SSSR count). The summed E-state index contributed by atoms with van der Waals surface area (Å²) in [5, 5.41) is 3.40. The third-order valence-electron chi connectivity index (χ3n) is 2.87. The van der Waals surface area contributed by atoms with Gasteiger partial charge in [0.15, 0.2) is 0 Å². The minimum atomic E-state index is 0.587. The normalized spacial score (nSPS) is 11.2. The molecule has 1 aromatic rings. The van der Waals surface area contributed by atoms with Crippen LogP contribution in [0.1, 0.15) is 38.3 Å². The third-order valence-corrected chi connectivity index (χ3v) is 2.87. The molecule has 3 heteroatoms. The monoisotopic (exact) mass is 279 g/mol. The van der Waals surface area contributed by atoms with E-state index in [9.17, 15) is 0 Å². The molecule has 114 valence electrons. The smallest absolute Gasteiger partial charge is 0.0718 e. The van der Waals surface area contributed by atoms with Gasteiger partial charge >= 0.3 is 0 Å². The Morgan fingerprint density at radius 1 is 1.00 bits per heavy atom. The van der Waals surface area contributed by atoms with Crippen LogP contribution >= 0.6 is 0 Å². The van der Waals surface area contributed by atoms with Crippen LogP contribution in [0.2, 0.25) is 0 Å². The lowest BCUT2D eigenvalue weighted by Gasteiger charge is -2.08. The van der Waals surface area contributed by atoms with Gasteiger partial charge in [0.1, 0.15) is 0 Å². The van der Waals surface area contributed by atoms with Gasteiger partial charge in [-0.2, -0.15) is 0 Å². The molecule has 0 heterocycles. The summed E-state index contributed by atoms with van der Waals surface area (Å²) >= 11 is 0. The molecule has 20 heavy (non-hydrogen) atoms. The molecule has 3 nitrogen and oxygen atoms in total. The molecule has 0 spiro atoms. The Morgan fingerprint density at radius 3 is 2.30 bits per heavy atom. The molecule has 0 saturated carbocycles. The maximum atomic E-state index is 5.60. The highest BCUT2D eigenvalue weighted by molar-refractivity contribution is 5.21. The number of benzene rings is 1. The van der Waals surface area contributed by atoms with Crippen LogP contribution < -0.4 is 5.32 Å². The fourth-order valence-corrected chi connectivity index (χ4v) is 1.79. The largest absolute Gasteiger partial charge is 0.379 e. The Hall–Kier alpha value is -0.900. The second-order valence-electron chi connectivity index (χ2n) is 5.51. The highest BCUT2D eigenvalue weighted by Gasteiger charge is 1.97. The first-order valence-corrected chi connectivity index (χ1v) is 7.66. The van der Waals surface area contributed by atoms with Crippen molar-refractivity contribution in [2.45, 2.75) is 40.3 Å². The van der Waals surface area contributed by atoms with Crippen molar-refractivity contribution in [2.75, 3.05) is 26.4 Å². The van der Waals surface area contributed by atoms with Gasteiger partial charge in [-0.25, -0.2) is 0 Å². The third kappa shape index (κ3) is 8.31. The predicted molar refractivity (Wildman–Crippen MR) is 83.8 cm³/mol. The molecule has 0 aliphatic rings. The first-order chi connectivity index (χ1) is 9.72. The number of ether oxygens (including phenoxy) is 2. The average Bonchev–Trinajstić information content (AvgIpc) is 2.44. The minimum Gasteiger partial charge on any atom is -0.379 e. The summed E-state index contributed by atoms with van der Waals surface area (Å²) in [5.41, 5.74) is 2.54. The second kappa shape index (κ2) is 10.8. The van der Waals surface area contributed by atoms with Gasteiger partial charge in [0, 0.05) is 13.2 Å². The van der Waals surface area contributed by atoms with Crippen LogP contribution in [-0.2, 0) is 22.6 Å². The maximum Gasteiger partial charge on any atom is 0.0718 e. The van der Waals surface area contributed by atoms with Gasteiger partial charge in [-0.15, -0.1) is 0 Å². The van der Waals surface area contributed by atoms with E-state index in [4.69, 9.17) is 9.47 Å². The second-order valence-corrected chi connectivity index (χ2v) is 5.51. The van der Waals surface area contributed by atoms with Gasteiger partial charge < -0.3 is 14.8 Å². The van der Waals surface area contributed by atoms with Crippen molar-refractivity contribution in [1.82, 2.24) is 5.32 Å². The molecule has 1 aromatic carbocycles. The van der Waals surface area contributed by atoms with E-state index in [-0.39, 0.29) is 0 Å². The summed E-state index contributed by atoms with van der Waals surface area (Å²) in [6, 6.07) is 8.60. The highest BCUT2D eigenvalue weighted by atomic mass is 16.5. The van der Waals surface area contributed by atoms with E-state index < -0.39 is 0 Å². The fraction of sp³-hybridized carbons (Fsp3) is 0.647. The molecule has 0 unspecified atom stereocenters. The first-order valence-electron chi connectivity index (χ1n) is 7.66.